The van der Waals surface area contributed by atoms with Crippen LogP contribution >= 0.6 is 0 Å². The molecule has 1 aliphatic heterocycles. The molecule has 3 rings (SSSR count). The lowest BCUT2D eigenvalue weighted by atomic mass is 9.90. The van der Waals surface area contributed by atoms with Gasteiger partial charge in [-0.25, -0.2) is 0 Å². The first-order valence-corrected chi connectivity index (χ1v) is 7.41. The number of ether oxygens (including phenoxy) is 1. The van der Waals surface area contributed by atoms with Gasteiger partial charge in [-0.1, -0.05) is 18.2 Å². The van der Waals surface area contributed by atoms with Crippen molar-refractivity contribution in [3.05, 3.63) is 29.8 Å². The number of benzene rings is 1. The van der Waals surface area contributed by atoms with Crippen molar-refractivity contribution in [1.82, 2.24) is 4.90 Å². The van der Waals surface area contributed by atoms with Gasteiger partial charge in [0.25, 0.3) is 0 Å². The summed E-state index contributed by atoms with van der Waals surface area (Å²) in [6.07, 6.45) is 4.83. The summed E-state index contributed by atoms with van der Waals surface area (Å²) in [5.41, 5.74) is 7.36. The van der Waals surface area contributed by atoms with Crippen molar-refractivity contribution in [2.24, 2.45) is 5.73 Å². The van der Waals surface area contributed by atoms with Gasteiger partial charge in [0.1, 0.15) is 5.75 Å². The van der Waals surface area contributed by atoms with Crippen LogP contribution in [0.3, 0.4) is 0 Å². The summed E-state index contributed by atoms with van der Waals surface area (Å²) in [6, 6.07) is 9.58. The molecule has 3 nitrogen and oxygen atoms in total. The number of nitrogens with zero attached hydrogens (tertiary/aromatic N) is 1. The van der Waals surface area contributed by atoms with Crippen LogP contribution in [-0.4, -0.2) is 37.2 Å². The zero-order chi connectivity index (χ0) is 13.2. The maximum absolute atomic E-state index is 5.99. The zero-order valence-corrected chi connectivity index (χ0v) is 11.7. The Morgan fingerprint density at radius 1 is 1.21 bits per heavy atom. The minimum absolute atomic E-state index is 0.431. The summed E-state index contributed by atoms with van der Waals surface area (Å²) in [7, 11) is 2.25. The summed E-state index contributed by atoms with van der Waals surface area (Å²) < 4.78 is 5.77. The molecule has 1 unspecified atom stereocenters. The van der Waals surface area contributed by atoms with E-state index in [9.17, 15) is 0 Å². The summed E-state index contributed by atoms with van der Waals surface area (Å²) in [6.45, 7) is 1.92. The van der Waals surface area contributed by atoms with Crippen molar-refractivity contribution in [2.75, 3.05) is 20.2 Å². The Bertz CT molecular complexity index is 427. The molecule has 0 radical (unpaired) electrons. The van der Waals surface area contributed by atoms with Crippen LogP contribution in [0.25, 0.3) is 0 Å². The van der Waals surface area contributed by atoms with Gasteiger partial charge >= 0.3 is 0 Å². The number of nitrogens with two attached hydrogens (primary N) is 1. The fourth-order valence-electron chi connectivity index (χ4n) is 3.42. The molecule has 0 saturated heterocycles. The standard InChI is InChI=1S/C16H24N2O/c1-18(14-8-6-13(17)7-9-14)10-12-11-19-16-5-3-2-4-15(12)16/h2-5,12-14H,6-11,17H2,1H3. The molecule has 2 N–H and O–H groups in total. The van der Waals surface area contributed by atoms with Crippen molar-refractivity contribution in [3.63, 3.8) is 0 Å². The van der Waals surface area contributed by atoms with Crippen LogP contribution < -0.4 is 10.5 Å². The van der Waals surface area contributed by atoms with Gasteiger partial charge in [0.2, 0.25) is 0 Å². The summed E-state index contributed by atoms with van der Waals surface area (Å²) >= 11 is 0. The third kappa shape index (κ3) is 2.77. The van der Waals surface area contributed by atoms with E-state index in [1.54, 1.807) is 0 Å². The topological polar surface area (TPSA) is 38.5 Å². The number of rotatable bonds is 3. The summed E-state index contributed by atoms with van der Waals surface area (Å²) in [5.74, 6) is 1.60. The third-order valence-corrected chi connectivity index (χ3v) is 4.67. The van der Waals surface area contributed by atoms with Gasteiger partial charge in [0.15, 0.2) is 0 Å². The van der Waals surface area contributed by atoms with Crippen LogP contribution in [0.5, 0.6) is 5.75 Å². The first-order valence-electron chi connectivity index (χ1n) is 7.41. The normalized spacial score (nSPS) is 30.2. The first kappa shape index (κ1) is 12.9. The molecule has 1 aliphatic carbocycles. The molecule has 3 heteroatoms. The molecule has 104 valence electrons. The Labute approximate surface area is 115 Å². The first-order chi connectivity index (χ1) is 9.24. The minimum atomic E-state index is 0.431. The quantitative estimate of drug-likeness (QED) is 0.906. The molecular formula is C16H24N2O. The molecular weight excluding hydrogens is 236 g/mol. The highest BCUT2D eigenvalue weighted by atomic mass is 16.5. The van der Waals surface area contributed by atoms with E-state index in [1.807, 2.05) is 6.07 Å². The molecule has 1 aromatic rings. The molecule has 1 fully saturated rings. The highest BCUT2D eigenvalue weighted by Crippen LogP contribution is 2.34. The molecule has 0 bridgehead atoms. The fraction of sp³-hybridized carbons (Fsp3) is 0.625. The van der Waals surface area contributed by atoms with Crippen LogP contribution in [-0.2, 0) is 0 Å². The van der Waals surface area contributed by atoms with E-state index in [0.29, 0.717) is 18.0 Å². The lowest BCUT2D eigenvalue weighted by Gasteiger charge is -2.34. The third-order valence-electron chi connectivity index (χ3n) is 4.67. The summed E-state index contributed by atoms with van der Waals surface area (Å²) in [4.78, 5) is 2.52. The number of likely N-dealkylation sites (N-methyl/N-ethyl adjacent to an activating group) is 1. The second kappa shape index (κ2) is 5.51. The van der Waals surface area contributed by atoms with E-state index in [0.717, 1.165) is 18.9 Å². The van der Waals surface area contributed by atoms with E-state index in [-0.39, 0.29) is 0 Å². The SMILES string of the molecule is CN(CC1COc2ccccc21)C1CCC(N)CC1. The van der Waals surface area contributed by atoms with Gasteiger partial charge < -0.3 is 15.4 Å². The van der Waals surface area contributed by atoms with Gasteiger partial charge in [-0.05, 0) is 38.8 Å². The van der Waals surface area contributed by atoms with Crippen molar-refractivity contribution in [2.45, 2.75) is 43.7 Å². The largest absolute Gasteiger partial charge is 0.493 e. The van der Waals surface area contributed by atoms with Gasteiger partial charge in [0.05, 0.1) is 6.61 Å². The average molecular weight is 260 g/mol. The van der Waals surface area contributed by atoms with Crippen molar-refractivity contribution < 1.29 is 4.74 Å². The van der Waals surface area contributed by atoms with Gasteiger partial charge in [-0.2, -0.15) is 0 Å². The van der Waals surface area contributed by atoms with Crippen molar-refractivity contribution >= 4 is 0 Å². The van der Waals surface area contributed by atoms with Gasteiger partial charge in [-0.15, -0.1) is 0 Å². The van der Waals surface area contributed by atoms with Crippen LogP contribution in [0.4, 0.5) is 0 Å². The highest BCUT2D eigenvalue weighted by Gasteiger charge is 2.28. The van der Waals surface area contributed by atoms with Crippen LogP contribution in [0.15, 0.2) is 24.3 Å². The van der Waals surface area contributed by atoms with E-state index >= 15 is 0 Å². The van der Waals surface area contributed by atoms with E-state index < -0.39 is 0 Å². The number of fused-ring (bicyclic) bond motifs is 1. The maximum Gasteiger partial charge on any atom is 0.122 e. The molecule has 1 aromatic carbocycles. The Kier molecular flexibility index (Phi) is 3.76. The highest BCUT2D eigenvalue weighted by molar-refractivity contribution is 5.39. The van der Waals surface area contributed by atoms with Gasteiger partial charge in [0, 0.05) is 30.1 Å². The monoisotopic (exact) mass is 260 g/mol. The Hall–Kier alpha value is -1.06. The number of hydrogen-bond donors (Lipinski definition) is 1. The van der Waals surface area contributed by atoms with Crippen LogP contribution in [0, 0.1) is 0 Å². The number of hydrogen-bond acceptors (Lipinski definition) is 3. The predicted molar refractivity (Wildman–Crippen MR) is 77.5 cm³/mol. The van der Waals surface area contributed by atoms with Crippen molar-refractivity contribution in [1.29, 1.82) is 0 Å². The Morgan fingerprint density at radius 3 is 2.74 bits per heavy atom. The zero-order valence-electron chi connectivity index (χ0n) is 11.7. The molecule has 0 amide bonds. The second-order valence-electron chi connectivity index (χ2n) is 6.05. The molecule has 0 aromatic heterocycles. The lowest BCUT2D eigenvalue weighted by molar-refractivity contribution is 0.166. The maximum atomic E-state index is 5.99. The van der Waals surface area contributed by atoms with Crippen LogP contribution in [0.1, 0.15) is 37.2 Å². The lowest BCUT2D eigenvalue weighted by Crippen LogP contribution is -2.40. The smallest absolute Gasteiger partial charge is 0.122 e. The van der Waals surface area contributed by atoms with E-state index in [1.165, 1.54) is 31.2 Å². The molecule has 0 spiro atoms. The fourth-order valence-corrected chi connectivity index (χ4v) is 3.42. The molecule has 1 saturated carbocycles. The molecule has 2 aliphatic rings. The molecule has 1 atom stereocenters. The Morgan fingerprint density at radius 2 is 1.95 bits per heavy atom. The van der Waals surface area contributed by atoms with E-state index in [4.69, 9.17) is 10.5 Å². The second-order valence-corrected chi connectivity index (χ2v) is 6.05. The summed E-state index contributed by atoms with van der Waals surface area (Å²) in [5, 5.41) is 0. The minimum Gasteiger partial charge on any atom is -0.493 e. The molecule has 1 heterocycles. The Balaban J connectivity index is 1.60. The van der Waals surface area contributed by atoms with Crippen molar-refractivity contribution in [3.8, 4) is 5.75 Å². The molecule has 19 heavy (non-hydrogen) atoms. The number of para-hydroxylation sites is 1. The predicted octanol–water partition coefficient (Wildman–Crippen LogP) is 2.36. The van der Waals surface area contributed by atoms with Crippen LogP contribution in [0.2, 0.25) is 0 Å². The van der Waals surface area contributed by atoms with Gasteiger partial charge in [-0.3, -0.25) is 0 Å². The van der Waals surface area contributed by atoms with E-state index in [2.05, 4.69) is 30.1 Å². The average Bonchev–Trinajstić information content (AvgIpc) is 2.83.